The Morgan fingerprint density at radius 3 is 2.48 bits per heavy atom. The fourth-order valence-corrected chi connectivity index (χ4v) is 2.71. The topological polar surface area (TPSA) is 52.6 Å². The average molecular weight is 298 g/mol. The molecule has 2 N–H and O–H groups in total. The van der Waals surface area contributed by atoms with Crippen LogP contribution in [0.5, 0.6) is 0 Å². The first-order valence-electron chi connectivity index (χ1n) is 7.09. The average Bonchev–Trinajstić information content (AvgIpc) is 2.40. The van der Waals surface area contributed by atoms with E-state index in [-0.39, 0.29) is 24.1 Å². The highest BCUT2D eigenvalue weighted by atomic mass is 19.1. The van der Waals surface area contributed by atoms with E-state index in [1.807, 2.05) is 4.90 Å². The van der Waals surface area contributed by atoms with Crippen LogP contribution < -0.4 is 5.32 Å². The predicted molar refractivity (Wildman–Crippen MR) is 74.6 cm³/mol. The van der Waals surface area contributed by atoms with Gasteiger partial charge in [-0.1, -0.05) is 6.07 Å². The zero-order valence-electron chi connectivity index (χ0n) is 12.0. The van der Waals surface area contributed by atoms with E-state index in [1.165, 1.54) is 13.0 Å². The summed E-state index contributed by atoms with van der Waals surface area (Å²) in [5.74, 6) is -1.51. The molecule has 2 rings (SSSR count). The highest BCUT2D eigenvalue weighted by Crippen LogP contribution is 2.22. The first kappa shape index (κ1) is 15.9. The van der Waals surface area contributed by atoms with Gasteiger partial charge in [0.05, 0.1) is 11.7 Å². The van der Waals surface area contributed by atoms with Gasteiger partial charge in [-0.2, -0.15) is 0 Å². The lowest BCUT2D eigenvalue weighted by atomic mass is 10.0. The van der Waals surface area contributed by atoms with Crippen molar-refractivity contribution in [3.63, 3.8) is 0 Å². The Morgan fingerprint density at radius 1 is 1.38 bits per heavy atom. The number of rotatable bonds is 4. The molecule has 116 valence electrons. The molecule has 0 aromatic heterocycles. The van der Waals surface area contributed by atoms with E-state index in [1.54, 1.807) is 0 Å². The summed E-state index contributed by atoms with van der Waals surface area (Å²) in [6, 6.07) is 3.70. The van der Waals surface area contributed by atoms with Crippen molar-refractivity contribution in [3.05, 3.63) is 35.4 Å². The zero-order chi connectivity index (χ0) is 15.4. The standard InChI is InChI=1S/C15H20F2N2O2/c1-10(20)18-11-5-7-19(8-6-11)9-14(21)15-12(16)3-2-4-13(15)17/h2-4,11,14,21H,5-9H2,1H3,(H,18,20). The zero-order valence-corrected chi connectivity index (χ0v) is 12.0. The maximum atomic E-state index is 13.6. The number of amides is 1. The van der Waals surface area contributed by atoms with E-state index in [4.69, 9.17) is 0 Å². The lowest BCUT2D eigenvalue weighted by Crippen LogP contribution is -2.45. The molecule has 1 unspecified atom stereocenters. The van der Waals surface area contributed by atoms with E-state index in [2.05, 4.69) is 5.32 Å². The summed E-state index contributed by atoms with van der Waals surface area (Å²) in [6.07, 6.45) is 0.349. The molecule has 21 heavy (non-hydrogen) atoms. The van der Waals surface area contributed by atoms with Gasteiger partial charge in [-0.15, -0.1) is 0 Å². The smallest absolute Gasteiger partial charge is 0.217 e. The van der Waals surface area contributed by atoms with Crippen LogP contribution >= 0.6 is 0 Å². The minimum atomic E-state index is -1.19. The van der Waals surface area contributed by atoms with Crippen molar-refractivity contribution in [2.75, 3.05) is 19.6 Å². The summed E-state index contributed by atoms with van der Waals surface area (Å²) in [4.78, 5) is 12.9. The number of halogens is 2. The van der Waals surface area contributed by atoms with Crippen LogP contribution in [0.25, 0.3) is 0 Å². The first-order valence-corrected chi connectivity index (χ1v) is 7.09. The summed E-state index contributed by atoms with van der Waals surface area (Å²) in [5, 5.41) is 12.9. The van der Waals surface area contributed by atoms with Crippen molar-refractivity contribution in [3.8, 4) is 0 Å². The number of β-amino-alcohol motifs (C(OH)–C–C–N with tert-alkyl or cyclic N) is 1. The van der Waals surface area contributed by atoms with Crippen LogP contribution in [-0.2, 0) is 4.79 Å². The van der Waals surface area contributed by atoms with E-state index in [0.29, 0.717) is 13.1 Å². The Hall–Kier alpha value is -1.53. The maximum Gasteiger partial charge on any atom is 0.217 e. The van der Waals surface area contributed by atoms with E-state index >= 15 is 0 Å². The minimum absolute atomic E-state index is 0.0538. The molecule has 0 bridgehead atoms. The Bertz CT molecular complexity index is 482. The monoisotopic (exact) mass is 298 g/mol. The molecule has 0 saturated carbocycles. The van der Waals surface area contributed by atoms with Gasteiger partial charge in [0.2, 0.25) is 5.91 Å². The lowest BCUT2D eigenvalue weighted by Gasteiger charge is -2.33. The molecule has 0 spiro atoms. The molecule has 1 atom stereocenters. The number of hydrogen-bond donors (Lipinski definition) is 2. The Morgan fingerprint density at radius 2 is 1.95 bits per heavy atom. The minimum Gasteiger partial charge on any atom is -0.387 e. The fraction of sp³-hybridized carbons (Fsp3) is 0.533. The third kappa shape index (κ3) is 4.22. The van der Waals surface area contributed by atoms with Crippen molar-refractivity contribution in [2.24, 2.45) is 0 Å². The van der Waals surface area contributed by atoms with Crippen LogP contribution in [0.15, 0.2) is 18.2 Å². The largest absolute Gasteiger partial charge is 0.387 e. The van der Waals surface area contributed by atoms with Crippen molar-refractivity contribution in [1.82, 2.24) is 10.2 Å². The van der Waals surface area contributed by atoms with Gasteiger partial charge in [0.25, 0.3) is 0 Å². The fourth-order valence-electron chi connectivity index (χ4n) is 2.71. The molecule has 1 aliphatic heterocycles. The van der Waals surface area contributed by atoms with Crippen LogP contribution in [-0.4, -0.2) is 41.6 Å². The summed E-state index contributed by atoms with van der Waals surface area (Å²) in [6.45, 7) is 3.03. The molecule has 1 saturated heterocycles. The number of likely N-dealkylation sites (tertiary alicyclic amines) is 1. The van der Waals surface area contributed by atoms with Gasteiger partial charge in [-0.25, -0.2) is 8.78 Å². The highest BCUT2D eigenvalue weighted by molar-refractivity contribution is 5.73. The second-order valence-electron chi connectivity index (χ2n) is 5.43. The van der Waals surface area contributed by atoms with Crippen LogP contribution in [0.3, 0.4) is 0 Å². The molecule has 1 aromatic rings. The van der Waals surface area contributed by atoms with Crippen molar-refractivity contribution in [1.29, 1.82) is 0 Å². The molecule has 1 aliphatic rings. The van der Waals surface area contributed by atoms with Gasteiger partial charge in [0, 0.05) is 32.6 Å². The summed E-state index contributed by atoms with van der Waals surface area (Å²) >= 11 is 0. The molecule has 0 aliphatic carbocycles. The molecule has 4 nitrogen and oxygen atoms in total. The van der Waals surface area contributed by atoms with Crippen LogP contribution in [0.1, 0.15) is 31.4 Å². The molecule has 1 amide bonds. The van der Waals surface area contributed by atoms with Crippen LogP contribution in [0, 0.1) is 11.6 Å². The Labute approximate surface area is 122 Å². The lowest BCUT2D eigenvalue weighted by molar-refractivity contribution is -0.120. The third-order valence-corrected chi connectivity index (χ3v) is 3.76. The second kappa shape index (κ2) is 6.95. The van der Waals surface area contributed by atoms with Crippen molar-refractivity contribution < 1.29 is 18.7 Å². The third-order valence-electron chi connectivity index (χ3n) is 3.76. The van der Waals surface area contributed by atoms with Crippen molar-refractivity contribution >= 4 is 5.91 Å². The summed E-state index contributed by atoms with van der Waals surface area (Å²) < 4.78 is 27.2. The molecule has 1 heterocycles. The van der Waals surface area contributed by atoms with Crippen LogP contribution in [0.4, 0.5) is 8.78 Å². The number of aliphatic hydroxyl groups excluding tert-OH is 1. The summed E-state index contributed by atoms with van der Waals surface area (Å²) in [5.41, 5.74) is -0.276. The maximum absolute atomic E-state index is 13.6. The number of piperidine rings is 1. The summed E-state index contributed by atoms with van der Waals surface area (Å²) in [7, 11) is 0. The van der Waals surface area contributed by atoms with E-state index in [0.717, 1.165) is 25.0 Å². The number of carbonyl (C=O) groups excluding carboxylic acids is 1. The van der Waals surface area contributed by atoms with Gasteiger partial charge < -0.3 is 15.3 Å². The van der Waals surface area contributed by atoms with E-state index in [9.17, 15) is 18.7 Å². The predicted octanol–water partition coefficient (Wildman–Crippen LogP) is 1.60. The SMILES string of the molecule is CC(=O)NC1CCN(CC(O)c2c(F)cccc2F)CC1. The number of aliphatic hydroxyl groups is 1. The molecule has 1 fully saturated rings. The second-order valence-corrected chi connectivity index (χ2v) is 5.43. The van der Waals surface area contributed by atoms with Gasteiger partial charge in [-0.3, -0.25) is 4.79 Å². The van der Waals surface area contributed by atoms with Gasteiger partial charge in [0.1, 0.15) is 11.6 Å². The number of carbonyl (C=O) groups is 1. The molecule has 6 heteroatoms. The quantitative estimate of drug-likeness (QED) is 0.888. The van der Waals surface area contributed by atoms with Gasteiger partial charge in [-0.05, 0) is 25.0 Å². The number of nitrogens with zero attached hydrogens (tertiary/aromatic N) is 1. The first-order chi connectivity index (χ1) is 9.97. The van der Waals surface area contributed by atoms with Crippen molar-refractivity contribution in [2.45, 2.75) is 31.9 Å². The molecular formula is C15H20F2N2O2. The molecule has 0 radical (unpaired) electrons. The number of benzene rings is 1. The van der Waals surface area contributed by atoms with E-state index < -0.39 is 17.7 Å². The Balaban J connectivity index is 1.90. The Kier molecular flexibility index (Phi) is 5.25. The van der Waals surface area contributed by atoms with Gasteiger partial charge >= 0.3 is 0 Å². The normalized spacial score (nSPS) is 18.5. The molecule has 1 aromatic carbocycles. The van der Waals surface area contributed by atoms with Gasteiger partial charge in [0.15, 0.2) is 0 Å². The number of nitrogens with one attached hydrogen (secondary N) is 1. The number of hydrogen-bond acceptors (Lipinski definition) is 3. The van der Waals surface area contributed by atoms with Crippen LogP contribution in [0.2, 0.25) is 0 Å². The molecular weight excluding hydrogens is 278 g/mol. The highest BCUT2D eigenvalue weighted by Gasteiger charge is 2.24.